The zero-order valence-electron chi connectivity index (χ0n) is 10.4. The summed E-state index contributed by atoms with van der Waals surface area (Å²) in [6.07, 6.45) is 0.179. The highest BCUT2D eigenvalue weighted by atomic mass is 19.2. The molecule has 1 fully saturated rings. The Morgan fingerprint density at radius 2 is 2.11 bits per heavy atom. The molecule has 0 radical (unpaired) electrons. The molecule has 0 aromatic heterocycles. The van der Waals surface area contributed by atoms with Crippen molar-refractivity contribution in [3.05, 3.63) is 29.8 Å². The molecule has 1 atom stereocenters. The maximum absolute atomic E-state index is 13.2. The van der Waals surface area contributed by atoms with E-state index in [-0.39, 0.29) is 18.7 Å². The van der Waals surface area contributed by atoms with E-state index in [9.17, 15) is 18.4 Å². The molecule has 19 heavy (non-hydrogen) atoms. The number of carbonyl (C=O) groups excluding carboxylic acids is 2. The molecule has 0 spiro atoms. The molecule has 1 aromatic rings. The monoisotopic (exact) mass is 269 g/mol. The van der Waals surface area contributed by atoms with Gasteiger partial charge in [-0.2, -0.15) is 0 Å². The van der Waals surface area contributed by atoms with Gasteiger partial charge in [-0.15, -0.1) is 0 Å². The summed E-state index contributed by atoms with van der Waals surface area (Å²) < 4.78 is 30.6. The zero-order valence-corrected chi connectivity index (χ0v) is 10.4. The van der Waals surface area contributed by atoms with Crippen molar-refractivity contribution in [2.24, 2.45) is 5.92 Å². The van der Waals surface area contributed by atoms with E-state index in [1.165, 1.54) is 13.2 Å². The Kier molecular flexibility index (Phi) is 3.78. The molecule has 1 aliphatic heterocycles. The SMILES string of the molecule is COC(=O)C1CN(c2ccc(F)c(F)c2)CCC1=O. The molecule has 0 saturated carbocycles. The van der Waals surface area contributed by atoms with Crippen LogP contribution in [0.2, 0.25) is 0 Å². The minimum absolute atomic E-state index is 0.122. The summed E-state index contributed by atoms with van der Waals surface area (Å²) in [6.45, 7) is 0.494. The van der Waals surface area contributed by atoms with Gasteiger partial charge in [0, 0.05) is 31.3 Å². The molecule has 0 bridgehead atoms. The molecule has 0 amide bonds. The highest BCUT2D eigenvalue weighted by molar-refractivity contribution is 6.00. The number of piperidine rings is 1. The molecule has 0 aliphatic carbocycles. The molecular weight excluding hydrogens is 256 g/mol. The zero-order chi connectivity index (χ0) is 14.0. The lowest BCUT2D eigenvalue weighted by molar-refractivity contribution is -0.149. The molecule has 0 N–H and O–H groups in total. The molecule has 1 aliphatic rings. The van der Waals surface area contributed by atoms with Gasteiger partial charge in [0.05, 0.1) is 7.11 Å². The highest BCUT2D eigenvalue weighted by Crippen LogP contribution is 2.23. The number of esters is 1. The van der Waals surface area contributed by atoms with Crippen LogP contribution in [0.5, 0.6) is 0 Å². The van der Waals surface area contributed by atoms with Gasteiger partial charge in [-0.05, 0) is 12.1 Å². The fourth-order valence-corrected chi connectivity index (χ4v) is 2.10. The summed E-state index contributed by atoms with van der Waals surface area (Å²) >= 11 is 0. The number of hydrogen-bond donors (Lipinski definition) is 0. The maximum atomic E-state index is 13.2. The third-order valence-electron chi connectivity index (χ3n) is 3.17. The average molecular weight is 269 g/mol. The number of ether oxygens (including phenoxy) is 1. The summed E-state index contributed by atoms with van der Waals surface area (Å²) in [4.78, 5) is 24.8. The number of ketones is 1. The van der Waals surface area contributed by atoms with Gasteiger partial charge in [0.25, 0.3) is 0 Å². The number of Topliss-reactive ketones (excluding diaryl/α,β-unsaturated/α-hetero) is 1. The van der Waals surface area contributed by atoms with Gasteiger partial charge in [0.1, 0.15) is 5.92 Å². The first kappa shape index (κ1) is 13.5. The molecule has 6 heteroatoms. The molecular formula is C13H13F2NO3. The van der Waals surface area contributed by atoms with Crippen LogP contribution in [-0.2, 0) is 14.3 Å². The van der Waals surface area contributed by atoms with Crippen LogP contribution in [0, 0.1) is 17.6 Å². The van der Waals surface area contributed by atoms with Crippen LogP contribution in [0.3, 0.4) is 0 Å². The normalized spacial score (nSPS) is 19.4. The van der Waals surface area contributed by atoms with Crippen LogP contribution in [0.25, 0.3) is 0 Å². The Morgan fingerprint density at radius 3 is 2.74 bits per heavy atom. The van der Waals surface area contributed by atoms with E-state index in [4.69, 9.17) is 0 Å². The quantitative estimate of drug-likeness (QED) is 0.603. The van der Waals surface area contributed by atoms with Gasteiger partial charge in [0.2, 0.25) is 0 Å². The van der Waals surface area contributed by atoms with Crippen molar-refractivity contribution < 1.29 is 23.1 Å². The first-order valence-electron chi connectivity index (χ1n) is 5.83. The van der Waals surface area contributed by atoms with Crippen LogP contribution in [-0.4, -0.2) is 32.0 Å². The van der Waals surface area contributed by atoms with Gasteiger partial charge in [-0.25, -0.2) is 8.78 Å². The van der Waals surface area contributed by atoms with Crippen LogP contribution >= 0.6 is 0 Å². The third kappa shape index (κ3) is 2.72. The van der Waals surface area contributed by atoms with E-state index in [0.29, 0.717) is 12.2 Å². The van der Waals surface area contributed by atoms with E-state index < -0.39 is 23.5 Å². The second kappa shape index (κ2) is 5.34. The van der Waals surface area contributed by atoms with Crippen molar-refractivity contribution in [1.82, 2.24) is 0 Å². The van der Waals surface area contributed by atoms with Gasteiger partial charge in [-0.3, -0.25) is 9.59 Å². The minimum atomic E-state index is -0.955. The summed E-state index contributed by atoms with van der Waals surface area (Å²) in [5, 5.41) is 0. The first-order valence-corrected chi connectivity index (χ1v) is 5.83. The molecule has 1 unspecified atom stereocenters. The van der Waals surface area contributed by atoms with Crippen molar-refractivity contribution in [3.8, 4) is 0 Å². The molecule has 102 valence electrons. The Bertz CT molecular complexity index is 511. The number of nitrogens with zero attached hydrogens (tertiary/aromatic N) is 1. The lowest BCUT2D eigenvalue weighted by Crippen LogP contribution is -2.44. The van der Waals surface area contributed by atoms with E-state index >= 15 is 0 Å². The number of hydrogen-bond acceptors (Lipinski definition) is 4. The van der Waals surface area contributed by atoms with E-state index in [1.54, 1.807) is 4.90 Å². The van der Waals surface area contributed by atoms with Gasteiger partial charge >= 0.3 is 5.97 Å². The Morgan fingerprint density at radius 1 is 1.37 bits per heavy atom. The summed E-state index contributed by atoms with van der Waals surface area (Å²) in [7, 11) is 1.21. The van der Waals surface area contributed by atoms with Crippen molar-refractivity contribution in [2.75, 3.05) is 25.1 Å². The van der Waals surface area contributed by atoms with E-state index in [0.717, 1.165) is 12.1 Å². The maximum Gasteiger partial charge on any atom is 0.318 e. The Hall–Kier alpha value is -1.98. The van der Waals surface area contributed by atoms with Crippen molar-refractivity contribution >= 4 is 17.4 Å². The van der Waals surface area contributed by atoms with Crippen molar-refractivity contribution in [2.45, 2.75) is 6.42 Å². The highest BCUT2D eigenvalue weighted by Gasteiger charge is 2.33. The Labute approximate surface area is 109 Å². The topological polar surface area (TPSA) is 46.6 Å². The number of methoxy groups -OCH3 is 1. The second-order valence-electron chi connectivity index (χ2n) is 4.34. The summed E-state index contributed by atoms with van der Waals surface area (Å²) in [5.74, 6) is -3.54. The van der Waals surface area contributed by atoms with Crippen molar-refractivity contribution in [3.63, 3.8) is 0 Å². The standard InChI is InChI=1S/C13H13F2NO3/c1-19-13(18)9-7-16(5-4-12(9)17)8-2-3-10(14)11(15)6-8/h2-3,6,9H,4-5,7H2,1H3. The number of rotatable bonds is 2. The molecule has 1 heterocycles. The Balaban J connectivity index is 2.19. The number of benzene rings is 1. The summed E-state index contributed by atoms with van der Waals surface area (Å²) in [5.41, 5.74) is 0.445. The van der Waals surface area contributed by atoms with Gasteiger partial charge < -0.3 is 9.64 Å². The number of carbonyl (C=O) groups is 2. The van der Waals surface area contributed by atoms with Crippen LogP contribution in [0.1, 0.15) is 6.42 Å². The molecule has 4 nitrogen and oxygen atoms in total. The predicted octanol–water partition coefficient (Wildman–Crippen LogP) is 1.53. The van der Waals surface area contributed by atoms with E-state index in [2.05, 4.69) is 4.74 Å². The lowest BCUT2D eigenvalue weighted by atomic mass is 9.96. The number of anilines is 1. The fourth-order valence-electron chi connectivity index (χ4n) is 2.10. The van der Waals surface area contributed by atoms with E-state index in [1.807, 2.05) is 0 Å². The first-order chi connectivity index (χ1) is 9.02. The average Bonchev–Trinajstić information content (AvgIpc) is 2.41. The molecule has 1 saturated heterocycles. The third-order valence-corrected chi connectivity index (χ3v) is 3.17. The number of halogens is 2. The van der Waals surface area contributed by atoms with Gasteiger partial charge in [0.15, 0.2) is 17.4 Å². The summed E-state index contributed by atoms with van der Waals surface area (Å²) in [6, 6.07) is 3.50. The van der Waals surface area contributed by atoms with Gasteiger partial charge in [-0.1, -0.05) is 0 Å². The van der Waals surface area contributed by atoms with Crippen molar-refractivity contribution in [1.29, 1.82) is 0 Å². The second-order valence-corrected chi connectivity index (χ2v) is 4.34. The molecule has 1 aromatic carbocycles. The largest absolute Gasteiger partial charge is 0.468 e. The predicted molar refractivity (Wildman–Crippen MR) is 63.7 cm³/mol. The molecule has 2 rings (SSSR count). The fraction of sp³-hybridized carbons (Fsp3) is 0.385. The van der Waals surface area contributed by atoms with Crippen LogP contribution < -0.4 is 4.90 Å². The smallest absolute Gasteiger partial charge is 0.318 e. The lowest BCUT2D eigenvalue weighted by Gasteiger charge is -2.32. The van der Waals surface area contributed by atoms with Crippen LogP contribution in [0.4, 0.5) is 14.5 Å². The minimum Gasteiger partial charge on any atom is -0.468 e. The van der Waals surface area contributed by atoms with Crippen LogP contribution in [0.15, 0.2) is 18.2 Å².